The van der Waals surface area contributed by atoms with Crippen molar-refractivity contribution in [3.8, 4) is 0 Å². The maximum Gasteiger partial charge on any atom is 0.214 e. The van der Waals surface area contributed by atoms with E-state index in [-0.39, 0.29) is 5.95 Å². The molecule has 3 unspecified atom stereocenters. The highest BCUT2D eigenvalue weighted by molar-refractivity contribution is 5.44. The van der Waals surface area contributed by atoms with E-state index in [1.807, 2.05) is 6.07 Å². The van der Waals surface area contributed by atoms with E-state index in [1.165, 1.54) is 31.7 Å². The molecule has 0 aromatic carbocycles. The van der Waals surface area contributed by atoms with Gasteiger partial charge in [0.25, 0.3) is 0 Å². The van der Waals surface area contributed by atoms with Crippen LogP contribution in [0.3, 0.4) is 0 Å². The second kappa shape index (κ2) is 4.28. The van der Waals surface area contributed by atoms with Crippen LogP contribution in [0.1, 0.15) is 25.7 Å². The maximum atomic E-state index is 13.1. The smallest absolute Gasteiger partial charge is 0.214 e. The molecule has 1 heterocycles. The van der Waals surface area contributed by atoms with Gasteiger partial charge in [0, 0.05) is 31.5 Å². The minimum absolute atomic E-state index is 0.387. The average molecular weight is 234 g/mol. The largest absolute Gasteiger partial charge is 0.374 e. The molecule has 3 atom stereocenters. The number of hydrogen-bond acceptors (Lipinski definition) is 2. The van der Waals surface area contributed by atoms with E-state index in [1.54, 1.807) is 6.20 Å². The predicted octanol–water partition coefficient (Wildman–Crippen LogP) is 3.09. The zero-order valence-corrected chi connectivity index (χ0v) is 10.3. The Hall–Kier alpha value is -1.12. The van der Waals surface area contributed by atoms with E-state index in [0.29, 0.717) is 0 Å². The highest BCUT2D eigenvalue weighted by atomic mass is 19.1. The van der Waals surface area contributed by atoms with Crippen molar-refractivity contribution in [2.45, 2.75) is 25.7 Å². The first-order valence-corrected chi connectivity index (χ1v) is 6.55. The summed E-state index contributed by atoms with van der Waals surface area (Å²) in [5.41, 5.74) is 0.945. The lowest BCUT2D eigenvalue weighted by Gasteiger charge is -2.28. The molecule has 1 aromatic heterocycles. The number of pyridine rings is 1. The molecule has 0 saturated heterocycles. The fourth-order valence-corrected chi connectivity index (χ4v) is 3.69. The van der Waals surface area contributed by atoms with Crippen LogP contribution in [0.25, 0.3) is 0 Å². The zero-order valence-electron chi connectivity index (χ0n) is 10.3. The van der Waals surface area contributed by atoms with Crippen molar-refractivity contribution < 1.29 is 4.39 Å². The van der Waals surface area contributed by atoms with E-state index in [0.717, 1.165) is 30.0 Å². The van der Waals surface area contributed by atoms with Crippen molar-refractivity contribution in [1.29, 1.82) is 0 Å². The Kier molecular flexibility index (Phi) is 2.77. The molecule has 2 aliphatic carbocycles. The van der Waals surface area contributed by atoms with E-state index >= 15 is 0 Å². The van der Waals surface area contributed by atoms with Crippen LogP contribution >= 0.6 is 0 Å². The van der Waals surface area contributed by atoms with Crippen LogP contribution in [-0.4, -0.2) is 18.6 Å². The number of rotatable bonds is 3. The summed E-state index contributed by atoms with van der Waals surface area (Å²) in [5, 5.41) is 0. The number of aromatic nitrogens is 1. The highest BCUT2D eigenvalue weighted by Gasteiger charge is 2.39. The van der Waals surface area contributed by atoms with Crippen LogP contribution in [0, 0.1) is 23.7 Å². The fraction of sp³-hybridized carbons (Fsp3) is 0.643. The molecule has 1 aromatic rings. The molecule has 2 nitrogen and oxygen atoms in total. The topological polar surface area (TPSA) is 16.1 Å². The molecular formula is C14H19FN2. The third kappa shape index (κ3) is 2.15. The van der Waals surface area contributed by atoms with Gasteiger partial charge >= 0.3 is 0 Å². The molecule has 2 bridgehead atoms. The Morgan fingerprint density at radius 3 is 2.94 bits per heavy atom. The molecule has 0 aliphatic heterocycles. The molecular weight excluding hydrogens is 215 g/mol. The van der Waals surface area contributed by atoms with E-state index in [9.17, 15) is 4.39 Å². The van der Waals surface area contributed by atoms with Gasteiger partial charge < -0.3 is 4.90 Å². The molecule has 3 heteroatoms. The third-order valence-electron chi connectivity index (χ3n) is 4.54. The fourth-order valence-electron chi connectivity index (χ4n) is 3.69. The minimum atomic E-state index is -0.387. The number of hydrogen-bond donors (Lipinski definition) is 0. The van der Waals surface area contributed by atoms with Crippen molar-refractivity contribution in [2.75, 3.05) is 18.5 Å². The molecule has 92 valence electrons. The molecule has 0 N–H and O–H groups in total. The number of fused-ring (bicyclic) bond motifs is 2. The van der Waals surface area contributed by atoms with Crippen molar-refractivity contribution in [1.82, 2.24) is 4.98 Å². The van der Waals surface area contributed by atoms with Crippen molar-refractivity contribution in [3.05, 3.63) is 24.3 Å². The second-order valence-electron chi connectivity index (χ2n) is 5.65. The Balaban J connectivity index is 1.65. The summed E-state index contributed by atoms with van der Waals surface area (Å²) in [6, 6.07) is 3.41. The monoisotopic (exact) mass is 234 g/mol. The number of nitrogens with zero attached hydrogens (tertiary/aromatic N) is 2. The first kappa shape index (κ1) is 11.0. The molecule has 2 saturated carbocycles. The summed E-state index contributed by atoms with van der Waals surface area (Å²) in [4.78, 5) is 5.78. The van der Waals surface area contributed by atoms with Gasteiger partial charge in [0.15, 0.2) is 0 Å². The summed E-state index contributed by atoms with van der Waals surface area (Å²) in [5.74, 6) is 2.33. The predicted molar refractivity (Wildman–Crippen MR) is 66.4 cm³/mol. The van der Waals surface area contributed by atoms with Gasteiger partial charge in [-0.05, 0) is 43.1 Å². The van der Waals surface area contributed by atoms with Gasteiger partial charge in [-0.2, -0.15) is 4.39 Å². The van der Waals surface area contributed by atoms with Gasteiger partial charge in [-0.1, -0.05) is 6.42 Å². The van der Waals surface area contributed by atoms with Crippen LogP contribution in [-0.2, 0) is 0 Å². The van der Waals surface area contributed by atoms with Crippen molar-refractivity contribution in [2.24, 2.45) is 17.8 Å². The molecule has 0 spiro atoms. The molecule has 17 heavy (non-hydrogen) atoms. The Bertz CT molecular complexity index is 407. The first-order valence-electron chi connectivity index (χ1n) is 6.55. The van der Waals surface area contributed by atoms with E-state index in [2.05, 4.69) is 16.9 Å². The zero-order chi connectivity index (χ0) is 11.8. The Morgan fingerprint density at radius 2 is 2.29 bits per heavy atom. The summed E-state index contributed by atoms with van der Waals surface area (Å²) in [6.07, 6.45) is 7.20. The lowest BCUT2D eigenvalue weighted by molar-refractivity contribution is 0.337. The third-order valence-corrected chi connectivity index (χ3v) is 4.54. The lowest BCUT2D eigenvalue weighted by atomic mass is 9.88. The van der Waals surface area contributed by atoms with Gasteiger partial charge in [-0.15, -0.1) is 0 Å². The SMILES string of the molecule is CN(CC1CC2CCC1C2)c1ccnc(F)c1. The average Bonchev–Trinajstić information content (AvgIpc) is 2.91. The van der Waals surface area contributed by atoms with Gasteiger partial charge in [-0.3, -0.25) is 0 Å². The van der Waals surface area contributed by atoms with Gasteiger partial charge in [0.1, 0.15) is 0 Å². The van der Waals surface area contributed by atoms with Crippen LogP contribution in [0.5, 0.6) is 0 Å². The lowest BCUT2D eigenvalue weighted by Crippen LogP contribution is -2.28. The number of anilines is 1. The van der Waals surface area contributed by atoms with E-state index in [4.69, 9.17) is 0 Å². The highest BCUT2D eigenvalue weighted by Crippen LogP contribution is 2.48. The van der Waals surface area contributed by atoms with Crippen LogP contribution in [0.4, 0.5) is 10.1 Å². The molecule has 2 fully saturated rings. The van der Waals surface area contributed by atoms with Crippen molar-refractivity contribution >= 4 is 5.69 Å². The normalized spacial score (nSPS) is 30.8. The quantitative estimate of drug-likeness (QED) is 0.747. The Morgan fingerprint density at radius 1 is 1.41 bits per heavy atom. The minimum Gasteiger partial charge on any atom is -0.374 e. The van der Waals surface area contributed by atoms with E-state index < -0.39 is 0 Å². The van der Waals surface area contributed by atoms with Crippen molar-refractivity contribution in [3.63, 3.8) is 0 Å². The summed E-state index contributed by atoms with van der Waals surface area (Å²) < 4.78 is 13.1. The van der Waals surface area contributed by atoms with Gasteiger partial charge in [0.2, 0.25) is 5.95 Å². The van der Waals surface area contributed by atoms with Gasteiger partial charge in [0.05, 0.1) is 0 Å². The molecule has 2 aliphatic rings. The molecule has 0 amide bonds. The van der Waals surface area contributed by atoms with Crippen LogP contribution in [0.2, 0.25) is 0 Å². The summed E-state index contributed by atoms with van der Waals surface area (Å²) in [7, 11) is 2.06. The van der Waals surface area contributed by atoms with Crippen LogP contribution < -0.4 is 4.90 Å². The Labute approximate surface area is 102 Å². The van der Waals surface area contributed by atoms with Gasteiger partial charge in [-0.25, -0.2) is 4.98 Å². The number of halogens is 1. The molecule has 0 radical (unpaired) electrons. The molecule has 3 rings (SSSR count). The maximum absolute atomic E-state index is 13.1. The standard InChI is InChI=1S/C14H19FN2/c1-17(13-4-5-16-14(15)8-13)9-12-7-10-2-3-11(12)6-10/h4-5,8,10-12H,2-3,6-7,9H2,1H3. The summed E-state index contributed by atoms with van der Waals surface area (Å²) >= 11 is 0. The second-order valence-corrected chi connectivity index (χ2v) is 5.65. The van der Waals surface area contributed by atoms with Crippen LogP contribution in [0.15, 0.2) is 18.3 Å². The first-order chi connectivity index (χ1) is 8.22. The summed E-state index contributed by atoms with van der Waals surface area (Å²) in [6.45, 7) is 1.06.